The van der Waals surface area contributed by atoms with Gasteiger partial charge in [0.1, 0.15) is 0 Å². The van der Waals surface area contributed by atoms with Gasteiger partial charge < -0.3 is 5.32 Å². The highest BCUT2D eigenvalue weighted by molar-refractivity contribution is 5.17. The highest BCUT2D eigenvalue weighted by Gasteiger charge is 1.96. The summed E-state index contributed by atoms with van der Waals surface area (Å²) >= 11 is 0. The second-order valence-electron chi connectivity index (χ2n) is 3.32. The van der Waals surface area contributed by atoms with E-state index in [9.17, 15) is 4.39 Å². The normalized spacial score (nSPS) is 14.9. The lowest BCUT2D eigenvalue weighted by Gasteiger charge is -2.07. The SMILES string of the molecule is C=CC(=C)N/C(C)=C\C(C)/C=C(\C)F. The van der Waals surface area contributed by atoms with Gasteiger partial charge in [0.2, 0.25) is 0 Å². The summed E-state index contributed by atoms with van der Waals surface area (Å²) < 4.78 is 12.5. The van der Waals surface area contributed by atoms with E-state index >= 15 is 0 Å². The van der Waals surface area contributed by atoms with E-state index in [2.05, 4.69) is 18.5 Å². The van der Waals surface area contributed by atoms with Gasteiger partial charge in [0.25, 0.3) is 0 Å². The van der Waals surface area contributed by atoms with Gasteiger partial charge in [-0.25, -0.2) is 4.39 Å². The van der Waals surface area contributed by atoms with Crippen LogP contribution in [0.5, 0.6) is 0 Å². The molecule has 0 amide bonds. The third-order valence-corrected chi connectivity index (χ3v) is 1.61. The molecule has 0 fully saturated rings. The van der Waals surface area contributed by atoms with Crippen LogP contribution in [0.3, 0.4) is 0 Å². The average Bonchev–Trinajstić information content (AvgIpc) is 2.01. The fourth-order valence-electron chi connectivity index (χ4n) is 1.15. The molecular weight excluding hydrogens is 177 g/mol. The lowest BCUT2D eigenvalue weighted by molar-refractivity contribution is 0.626. The van der Waals surface area contributed by atoms with Crippen molar-refractivity contribution in [3.63, 3.8) is 0 Å². The van der Waals surface area contributed by atoms with Crippen molar-refractivity contribution >= 4 is 0 Å². The predicted octanol–water partition coefficient (Wildman–Crippen LogP) is 3.69. The minimum Gasteiger partial charge on any atom is -0.360 e. The summed E-state index contributed by atoms with van der Waals surface area (Å²) in [4.78, 5) is 0. The van der Waals surface area contributed by atoms with Gasteiger partial charge in [0, 0.05) is 11.4 Å². The maximum Gasteiger partial charge on any atom is 0.0934 e. The fourth-order valence-corrected chi connectivity index (χ4v) is 1.15. The third kappa shape index (κ3) is 6.23. The van der Waals surface area contributed by atoms with Crippen LogP contribution >= 0.6 is 0 Å². The molecule has 0 saturated heterocycles. The number of rotatable bonds is 5. The molecule has 0 bridgehead atoms. The summed E-state index contributed by atoms with van der Waals surface area (Å²) in [5.74, 6) is -0.0887. The standard InChI is InChI=1S/C12H18FN/c1-6-11(4)14-12(5)8-9(2)7-10(3)13/h6-9,14H,1,4H2,2-3,5H3/b10-7+,12-8-. The first kappa shape index (κ1) is 12.7. The molecule has 0 aliphatic rings. The minimum absolute atomic E-state index is 0.0742. The summed E-state index contributed by atoms with van der Waals surface area (Å²) in [5, 5.41) is 3.03. The predicted molar refractivity (Wildman–Crippen MR) is 60.3 cm³/mol. The molecular formula is C12H18FN. The smallest absolute Gasteiger partial charge is 0.0934 e. The highest BCUT2D eigenvalue weighted by Crippen LogP contribution is 2.07. The van der Waals surface area contributed by atoms with E-state index in [1.807, 2.05) is 19.9 Å². The molecule has 78 valence electrons. The Bertz CT molecular complexity index is 270. The van der Waals surface area contributed by atoms with Gasteiger partial charge in [-0.15, -0.1) is 0 Å². The van der Waals surface area contributed by atoms with Crippen LogP contribution < -0.4 is 5.32 Å². The van der Waals surface area contributed by atoms with E-state index in [4.69, 9.17) is 0 Å². The van der Waals surface area contributed by atoms with Gasteiger partial charge in [-0.1, -0.05) is 26.2 Å². The number of hydrogen-bond acceptors (Lipinski definition) is 1. The monoisotopic (exact) mass is 195 g/mol. The first-order chi connectivity index (χ1) is 6.45. The molecule has 0 saturated carbocycles. The maximum atomic E-state index is 12.5. The molecule has 1 nitrogen and oxygen atoms in total. The molecule has 0 heterocycles. The van der Waals surface area contributed by atoms with Crippen LogP contribution in [0.25, 0.3) is 0 Å². The zero-order chi connectivity index (χ0) is 11.1. The van der Waals surface area contributed by atoms with Gasteiger partial charge in [0.05, 0.1) is 5.83 Å². The van der Waals surface area contributed by atoms with Crippen LogP contribution in [0.1, 0.15) is 20.8 Å². The Labute approximate surface area is 85.7 Å². The Morgan fingerprint density at radius 2 is 1.93 bits per heavy atom. The average molecular weight is 195 g/mol. The zero-order valence-corrected chi connectivity index (χ0v) is 9.10. The summed E-state index contributed by atoms with van der Waals surface area (Å²) in [6.07, 6.45) is 5.12. The molecule has 0 aliphatic heterocycles. The molecule has 0 aromatic carbocycles. The summed E-state index contributed by atoms with van der Waals surface area (Å²) in [7, 11) is 0. The Morgan fingerprint density at radius 3 is 2.36 bits per heavy atom. The Kier molecular flexibility index (Phi) is 5.61. The van der Waals surface area contributed by atoms with E-state index in [-0.39, 0.29) is 11.7 Å². The maximum absolute atomic E-state index is 12.5. The van der Waals surface area contributed by atoms with E-state index in [0.29, 0.717) is 0 Å². The van der Waals surface area contributed by atoms with Crippen molar-refractivity contribution < 1.29 is 4.39 Å². The van der Waals surface area contributed by atoms with Crippen molar-refractivity contribution in [1.82, 2.24) is 5.32 Å². The zero-order valence-electron chi connectivity index (χ0n) is 9.10. The topological polar surface area (TPSA) is 12.0 Å². The van der Waals surface area contributed by atoms with Crippen LogP contribution in [0.4, 0.5) is 4.39 Å². The molecule has 0 spiro atoms. The second-order valence-corrected chi connectivity index (χ2v) is 3.32. The van der Waals surface area contributed by atoms with Crippen molar-refractivity contribution in [1.29, 1.82) is 0 Å². The van der Waals surface area contributed by atoms with Gasteiger partial charge in [-0.05, 0) is 31.9 Å². The van der Waals surface area contributed by atoms with Crippen molar-refractivity contribution in [2.24, 2.45) is 5.92 Å². The van der Waals surface area contributed by atoms with E-state index in [1.165, 1.54) is 6.92 Å². The van der Waals surface area contributed by atoms with Gasteiger partial charge in [-0.3, -0.25) is 0 Å². The number of allylic oxidation sites excluding steroid dienone is 5. The van der Waals surface area contributed by atoms with Crippen LogP contribution in [0, 0.1) is 5.92 Å². The highest BCUT2D eigenvalue weighted by atomic mass is 19.1. The van der Waals surface area contributed by atoms with Gasteiger partial charge >= 0.3 is 0 Å². The molecule has 14 heavy (non-hydrogen) atoms. The Hall–Kier alpha value is -1.31. The largest absolute Gasteiger partial charge is 0.360 e. The van der Waals surface area contributed by atoms with Crippen molar-refractivity contribution in [3.05, 3.63) is 48.6 Å². The Balaban J connectivity index is 4.29. The molecule has 0 rings (SSSR count). The molecule has 0 radical (unpaired) electrons. The molecule has 1 N–H and O–H groups in total. The lowest BCUT2D eigenvalue weighted by Crippen LogP contribution is -2.08. The number of hydrogen-bond donors (Lipinski definition) is 1. The van der Waals surface area contributed by atoms with E-state index in [1.54, 1.807) is 12.2 Å². The van der Waals surface area contributed by atoms with Crippen LogP contribution in [-0.4, -0.2) is 0 Å². The summed E-state index contributed by atoms with van der Waals surface area (Å²) in [6, 6.07) is 0. The Morgan fingerprint density at radius 1 is 1.36 bits per heavy atom. The third-order valence-electron chi connectivity index (χ3n) is 1.61. The van der Waals surface area contributed by atoms with Crippen molar-refractivity contribution in [3.8, 4) is 0 Å². The number of halogens is 1. The van der Waals surface area contributed by atoms with Crippen LogP contribution in [-0.2, 0) is 0 Å². The van der Waals surface area contributed by atoms with E-state index < -0.39 is 0 Å². The van der Waals surface area contributed by atoms with Crippen molar-refractivity contribution in [2.45, 2.75) is 20.8 Å². The van der Waals surface area contributed by atoms with Crippen molar-refractivity contribution in [2.75, 3.05) is 0 Å². The quantitative estimate of drug-likeness (QED) is 0.660. The van der Waals surface area contributed by atoms with Crippen LogP contribution in [0.15, 0.2) is 48.6 Å². The number of nitrogens with one attached hydrogen (secondary N) is 1. The summed E-state index contributed by atoms with van der Waals surface area (Å²) in [5.41, 5.74) is 1.69. The molecule has 0 aromatic heterocycles. The molecule has 0 aliphatic carbocycles. The molecule has 1 unspecified atom stereocenters. The fraction of sp³-hybridized carbons (Fsp3) is 0.333. The minimum atomic E-state index is -0.163. The van der Waals surface area contributed by atoms with Gasteiger partial charge in [-0.2, -0.15) is 0 Å². The second kappa shape index (κ2) is 6.19. The lowest BCUT2D eigenvalue weighted by atomic mass is 10.1. The summed E-state index contributed by atoms with van der Waals surface area (Å²) in [6.45, 7) is 12.6. The molecule has 0 aromatic rings. The molecule has 2 heteroatoms. The molecule has 1 atom stereocenters. The van der Waals surface area contributed by atoms with Gasteiger partial charge in [0.15, 0.2) is 0 Å². The van der Waals surface area contributed by atoms with E-state index in [0.717, 1.165) is 11.4 Å². The first-order valence-electron chi connectivity index (χ1n) is 4.56. The first-order valence-corrected chi connectivity index (χ1v) is 4.56. The van der Waals surface area contributed by atoms with Crippen LogP contribution in [0.2, 0.25) is 0 Å².